The lowest BCUT2D eigenvalue weighted by atomic mass is 10.1. The first-order valence-electron chi connectivity index (χ1n) is 4.73. The summed E-state index contributed by atoms with van der Waals surface area (Å²) >= 11 is 5.83. The summed E-state index contributed by atoms with van der Waals surface area (Å²) in [5.74, 6) is -0.292. The normalized spacial score (nSPS) is 10.4. The zero-order valence-corrected chi connectivity index (χ0v) is 9.08. The lowest BCUT2D eigenvalue weighted by Gasteiger charge is -2.04. The van der Waals surface area contributed by atoms with Gasteiger partial charge in [-0.25, -0.2) is 9.37 Å². The molecule has 0 radical (unpaired) electrons. The van der Waals surface area contributed by atoms with Gasteiger partial charge >= 0.3 is 0 Å². The van der Waals surface area contributed by atoms with Gasteiger partial charge in [0.2, 0.25) is 0 Å². The standard InChI is InChI=1S/C12H9ClFNO/c13-10-5-6-11(15-12(10)7-16)8-1-3-9(14)4-2-8/h1-6,16H,7H2. The summed E-state index contributed by atoms with van der Waals surface area (Å²) in [6.45, 7) is -0.214. The van der Waals surface area contributed by atoms with E-state index in [0.29, 0.717) is 16.4 Å². The lowest BCUT2D eigenvalue weighted by Crippen LogP contribution is -1.93. The van der Waals surface area contributed by atoms with E-state index in [0.717, 1.165) is 5.56 Å². The Bertz CT molecular complexity index is 499. The predicted molar refractivity (Wildman–Crippen MR) is 60.6 cm³/mol. The molecule has 0 amide bonds. The highest BCUT2D eigenvalue weighted by Crippen LogP contribution is 2.21. The van der Waals surface area contributed by atoms with Gasteiger partial charge in [0.1, 0.15) is 5.82 Å². The van der Waals surface area contributed by atoms with Gasteiger partial charge in [0, 0.05) is 5.56 Å². The maximum absolute atomic E-state index is 12.7. The minimum Gasteiger partial charge on any atom is -0.390 e. The number of hydrogen-bond acceptors (Lipinski definition) is 2. The smallest absolute Gasteiger partial charge is 0.123 e. The molecule has 1 heterocycles. The Labute approximate surface area is 97.3 Å². The number of aliphatic hydroxyl groups is 1. The maximum atomic E-state index is 12.7. The maximum Gasteiger partial charge on any atom is 0.123 e. The van der Waals surface area contributed by atoms with Gasteiger partial charge in [0.25, 0.3) is 0 Å². The molecule has 1 aromatic carbocycles. The van der Waals surface area contributed by atoms with Gasteiger partial charge in [-0.3, -0.25) is 0 Å². The number of rotatable bonds is 2. The van der Waals surface area contributed by atoms with Crippen LogP contribution in [0.5, 0.6) is 0 Å². The van der Waals surface area contributed by atoms with E-state index in [4.69, 9.17) is 16.7 Å². The molecule has 0 saturated heterocycles. The fourth-order valence-electron chi connectivity index (χ4n) is 1.38. The second-order valence-electron chi connectivity index (χ2n) is 3.29. The van der Waals surface area contributed by atoms with E-state index in [-0.39, 0.29) is 12.4 Å². The Balaban J connectivity index is 2.44. The summed E-state index contributed by atoms with van der Waals surface area (Å²) in [7, 11) is 0. The third-order valence-corrected chi connectivity index (χ3v) is 2.55. The molecule has 0 aliphatic heterocycles. The number of hydrogen-bond donors (Lipinski definition) is 1. The third-order valence-electron chi connectivity index (χ3n) is 2.21. The molecular weight excluding hydrogens is 229 g/mol. The van der Waals surface area contributed by atoms with Gasteiger partial charge in [-0.2, -0.15) is 0 Å². The van der Waals surface area contributed by atoms with Crippen molar-refractivity contribution in [3.63, 3.8) is 0 Å². The summed E-state index contributed by atoms with van der Waals surface area (Å²) in [5, 5.41) is 9.45. The SMILES string of the molecule is OCc1nc(-c2ccc(F)cc2)ccc1Cl. The van der Waals surface area contributed by atoms with Crippen LogP contribution in [0.3, 0.4) is 0 Å². The first kappa shape index (κ1) is 11.0. The molecule has 0 aliphatic rings. The van der Waals surface area contributed by atoms with Gasteiger partial charge in [0.15, 0.2) is 0 Å². The van der Waals surface area contributed by atoms with Crippen molar-refractivity contribution in [1.29, 1.82) is 0 Å². The fourth-order valence-corrected chi connectivity index (χ4v) is 1.54. The number of benzene rings is 1. The molecule has 0 spiro atoms. The van der Waals surface area contributed by atoms with Crippen LogP contribution in [0.15, 0.2) is 36.4 Å². The molecule has 0 aliphatic carbocycles. The highest BCUT2D eigenvalue weighted by Gasteiger charge is 2.04. The monoisotopic (exact) mass is 237 g/mol. The van der Waals surface area contributed by atoms with Crippen LogP contribution in [0, 0.1) is 5.82 Å². The summed E-state index contributed by atoms with van der Waals surface area (Å²) in [6, 6.07) is 9.39. The molecule has 4 heteroatoms. The summed E-state index contributed by atoms with van der Waals surface area (Å²) < 4.78 is 12.7. The molecule has 1 aromatic heterocycles. The Morgan fingerprint density at radius 2 is 1.81 bits per heavy atom. The van der Waals surface area contributed by atoms with Gasteiger partial charge in [0.05, 0.1) is 23.0 Å². The van der Waals surface area contributed by atoms with E-state index in [9.17, 15) is 4.39 Å². The van der Waals surface area contributed by atoms with Crippen molar-refractivity contribution in [2.45, 2.75) is 6.61 Å². The topological polar surface area (TPSA) is 33.1 Å². The second-order valence-corrected chi connectivity index (χ2v) is 3.70. The van der Waals surface area contributed by atoms with Crippen molar-refractivity contribution in [3.05, 3.63) is 52.9 Å². The highest BCUT2D eigenvalue weighted by molar-refractivity contribution is 6.31. The molecule has 2 rings (SSSR count). The molecule has 0 unspecified atom stereocenters. The van der Waals surface area contributed by atoms with E-state index in [1.807, 2.05) is 0 Å². The van der Waals surface area contributed by atoms with Crippen LogP contribution < -0.4 is 0 Å². The van der Waals surface area contributed by atoms with E-state index < -0.39 is 0 Å². The lowest BCUT2D eigenvalue weighted by molar-refractivity contribution is 0.277. The Hall–Kier alpha value is -1.45. The van der Waals surface area contributed by atoms with Crippen LogP contribution in [-0.2, 0) is 6.61 Å². The first-order chi connectivity index (χ1) is 7.70. The van der Waals surface area contributed by atoms with E-state index in [2.05, 4.69) is 4.98 Å². The van der Waals surface area contributed by atoms with E-state index in [1.165, 1.54) is 12.1 Å². The molecule has 0 bridgehead atoms. The van der Waals surface area contributed by atoms with Crippen molar-refractivity contribution in [3.8, 4) is 11.3 Å². The Morgan fingerprint density at radius 1 is 1.12 bits per heavy atom. The average molecular weight is 238 g/mol. The van der Waals surface area contributed by atoms with Crippen LogP contribution in [0.2, 0.25) is 5.02 Å². The first-order valence-corrected chi connectivity index (χ1v) is 5.10. The van der Waals surface area contributed by atoms with E-state index >= 15 is 0 Å². The van der Waals surface area contributed by atoms with Crippen LogP contribution in [0.1, 0.15) is 5.69 Å². The minimum atomic E-state index is -0.292. The molecule has 1 N–H and O–H groups in total. The largest absolute Gasteiger partial charge is 0.390 e. The molecule has 0 fully saturated rings. The van der Waals surface area contributed by atoms with Crippen molar-refractivity contribution in [1.82, 2.24) is 4.98 Å². The average Bonchev–Trinajstić information content (AvgIpc) is 2.31. The summed E-state index contributed by atoms with van der Waals surface area (Å²) in [5.41, 5.74) is 1.87. The zero-order valence-electron chi connectivity index (χ0n) is 8.32. The third kappa shape index (κ3) is 2.21. The molecule has 2 nitrogen and oxygen atoms in total. The van der Waals surface area contributed by atoms with Crippen LogP contribution in [0.4, 0.5) is 4.39 Å². The Kier molecular flexibility index (Phi) is 3.17. The van der Waals surface area contributed by atoms with E-state index in [1.54, 1.807) is 24.3 Å². The highest BCUT2D eigenvalue weighted by atomic mass is 35.5. The van der Waals surface area contributed by atoms with Crippen molar-refractivity contribution < 1.29 is 9.50 Å². The molecule has 0 atom stereocenters. The van der Waals surface area contributed by atoms with Crippen molar-refractivity contribution >= 4 is 11.6 Å². The predicted octanol–water partition coefficient (Wildman–Crippen LogP) is 3.03. The fraction of sp³-hybridized carbons (Fsp3) is 0.0833. The van der Waals surface area contributed by atoms with Gasteiger partial charge in [-0.05, 0) is 36.4 Å². The molecule has 0 saturated carbocycles. The van der Waals surface area contributed by atoms with Crippen LogP contribution in [0.25, 0.3) is 11.3 Å². The van der Waals surface area contributed by atoms with Crippen molar-refractivity contribution in [2.75, 3.05) is 0 Å². The van der Waals surface area contributed by atoms with Gasteiger partial charge in [-0.15, -0.1) is 0 Å². The minimum absolute atomic E-state index is 0.214. The number of pyridine rings is 1. The quantitative estimate of drug-likeness (QED) is 0.871. The number of aliphatic hydroxyl groups excluding tert-OH is 1. The number of halogens is 2. The summed E-state index contributed by atoms with van der Waals surface area (Å²) in [4.78, 5) is 4.19. The molecular formula is C12H9ClFNO. The van der Waals surface area contributed by atoms with Gasteiger partial charge < -0.3 is 5.11 Å². The van der Waals surface area contributed by atoms with Crippen LogP contribution >= 0.6 is 11.6 Å². The van der Waals surface area contributed by atoms with Crippen molar-refractivity contribution in [2.24, 2.45) is 0 Å². The molecule has 2 aromatic rings. The molecule has 16 heavy (non-hydrogen) atoms. The second kappa shape index (κ2) is 4.60. The Morgan fingerprint density at radius 3 is 2.44 bits per heavy atom. The summed E-state index contributed by atoms with van der Waals surface area (Å²) in [6.07, 6.45) is 0. The molecule has 82 valence electrons. The van der Waals surface area contributed by atoms with Gasteiger partial charge in [-0.1, -0.05) is 11.6 Å². The van der Waals surface area contributed by atoms with Crippen LogP contribution in [-0.4, -0.2) is 10.1 Å². The number of aromatic nitrogens is 1. The number of nitrogens with zero attached hydrogens (tertiary/aromatic N) is 1. The zero-order chi connectivity index (χ0) is 11.5.